The molecule has 0 aliphatic rings. The first-order valence-corrected chi connectivity index (χ1v) is 10.2. The predicted octanol–water partition coefficient (Wildman–Crippen LogP) is 4.33. The van der Waals surface area contributed by atoms with E-state index in [2.05, 4.69) is 39.0 Å². The molecule has 0 atom stereocenters. The summed E-state index contributed by atoms with van der Waals surface area (Å²) in [7, 11) is 0. The number of hydrogen-bond acceptors (Lipinski definition) is 2. The van der Waals surface area contributed by atoms with Crippen molar-refractivity contribution in [3.05, 3.63) is 35.5 Å². The van der Waals surface area contributed by atoms with Gasteiger partial charge < -0.3 is 5.11 Å². The minimum atomic E-state index is 0.0483. The number of benzene rings is 1. The second-order valence-electron chi connectivity index (χ2n) is 7.12. The van der Waals surface area contributed by atoms with Gasteiger partial charge in [-0.05, 0) is 30.7 Å². The van der Waals surface area contributed by atoms with Crippen molar-refractivity contribution in [1.82, 2.24) is 9.73 Å². The fourth-order valence-electron chi connectivity index (χ4n) is 4.01. The number of nitrogens with zero attached hydrogens (tertiary/aromatic N) is 3. The van der Waals surface area contributed by atoms with Crippen LogP contribution in [0, 0.1) is 0 Å². The summed E-state index contributed by atoms with van der Waals surface area (Å²) in [6.45, 7) is 7.27. The van der Waals surface area contributed by atoms with Gasteiger partial charge in [0.2, 0.25) is 0 Å². The lowest BCUT2D eigenvalue weighted by atomic mass is 9.99. The Morgan fingerprint density at radius 1 is 0.923 bits per heavy atom. The van der Waals surface area contributed by atoms with Gasteiger partial charge in [-0.2, -0.15) is 0 Å². The zero-order valence-corrected chi connectivity index (χ0v) is 16.4. The topological polar surface area (TPSA) is 44.2 Å². The van der Waals surface area contributed by atoms with Crippen LogP contribution in [0.15, 0.2) is 24.3 Å². The summed E-state index contributed by atoms with van der Waals surface area (Å²) in [5.41, 5.74) is 3.21. The third-order valence-corrected chi connectivity index (χ3v) is 5.37. The van der Waals surface area contributed by atoms with Gasteiger partial charge in [0.05, 0.1) is 5.21 Å². The second-order valence-corrected chi connectivity index (χ2v) is 7.12. The lowest BCUT2D eigenvalue weighted by Gasteiger charge is -2.09. The van der Waals surface area contributed by atoms with Crippen LogP contribution in [-0.4, -0.2) is 9.73 Å². The summed E-state index contributed by atoms with van der Waals surface area (Å²) in [6, 6.07) is 8.26. The van der Waals surface area contributed by atoms with E-state index in [1.54, 1.807) is 4.68 Å². The van der Waals surface area contributed by atoms with Crippen LogP contribution < -0.4 is 9.79 Å². The summed E-state index contributed by atoms with van der Waals surface area (Å²) >= 11 is 0. The molecule has 26 heavy (non-hydrogen) atoms. The second kappa shape index (κ2) is 8.52. The molecule has 4 heteroatoms. The maximum Gasteiger partial charge on any atom is 0.197 e. The Hall–Kier alpha value is -2.10. The van der Waals surface area contributed by atoms with Crippen LogP contribution >= 0.6 is 0 Å². The number of aryl methyl sites for hydroxylation is 3. The molecule has 0 radical (unpaired) electrons. The molecule has 0 aliphatic carbocycles. The van der Waals surface area contributed by atoms with Gasteiger partial charge in [0.1, 0.15) is 18.1 Å². The Morgan fingerprint density at radius 3 is 2.31 bits per heavy atom. The first-order valence-electron chi connectivity index (χ1n) is 10.2. The monoisotopic (exact) mass is 353 g/mol. The van der Waals surface area contributed by atoms with E-state index in [4.69, 9.17) is 5.21 Å². The van der Waals surface area contributed by atoms with Crippen molar-refractivity contribution in [2.75, 3.05) is 0 Å². The van der Waals surface area contributed by atoms with E-state index < -0.39 is 0 Å². The van der Waals surface area contributed by atoms with Crippen LogP contribution in [0.3, 0.4) is 0 Å². The fraction of sp³-hybridized carbons (Fsp3) is 0.545. The van der Waals surface area contributed by atoms with Crippen molar-refractivity contribution in [2.45, 2.75) is 78.7 Å². The molecule has 4 nitrogen and oxygen atoms in total. The van der Waals surface area contributed by atoms with Gasteiger partial charge in [-0.25, -0.2) is 0 Å². The molecule has 0 unspecified atom stereocenters. The zero-order chi connectivity index (χ0) is 18.5. The van der Waals surface area contributed by atoms with Crippen LogP contribution in [0.5, 0.6) is 5.88 Å². The van der Waals surface area contributed by atoms with Crippen molar-refractivity contribution in [2.24, 2.45) is 0 Å². The van der Waals surface area contributed by atoms with Crippen molar-refractivity contribution in [3.63, 3.8) is 0 Å². The Kier molecular flexibility index (Phi) is 6.12. The Bertz CT molecular complexity index is 882. The molecule has 2 heterocycles. The van der Waals surface area contributed by atoms with Crippen LogP contribution in [0.4, 0.5) is 0 Å². The average Bonchev–Trinajstić information content (AvgIpc) is 3.00. The normalized spacial score (nSPS) is 11.7. The van der Waals surface area contributed by atoms with E-state index in [0.717, 1.165) is 30.2 Å². The van der Waals surface area contributed by atoms with E-state index in [-0.39, 0.29) is 5.88 Å². The first-order chi connectivity index (χ1) is 12.7. The maximum absolute atomic E-state index is 13.1. The molecule has 3 rings (SSSR count). The number of aromatic nitrogens is 3. The molecule has 2 aromatic heterocycles. The van der Waals surface area contributed by atoms with Gasteiger partial charge in [-0.15, -0.1) is 4.68 Å². The third kappa shape index (κ3) is 3.42. The Balaban J connectivity index is 1.98. The van der Waals surface area contributed by atoms with Crippen LogP contribution in [0.1, 0.15) is 70.6 Å². The molecule has 0 saturated heterocycles. The standard InChI is InChI=1S/C22H31N3O/c1-4-7-8-9-10-13-16-24-22(26)21-19-15-12-11-14-18(19)17(5-2)20(6-3)25(21)23-24/h11-12,14-15H,4-10,13,16H2,1-3H3. The molecule has 3 aromatic rings. The average molecular weight is 354 g/mol. The number of fused-ring (bicyclic) bond motifs is 3. The molecule has 140 valence electrons. The van der Waals surface area contributed by atoms with Gasteiger partial charge >= 0.3 is 0 Å². The number of unbranched alkanes of at least 4 members (excludes halogenated alkanes) is 5. The molecule has 0 spiro atoms. The lowest BCUT2D eigenvalue weighted by Crippen LogP contribution is -2.39. The van der Waals surface area contributed by atoms with Gasteiger partial charge in [-0.1, -0.05) is 69.2 Å². The van der Waals surface area contributed by atoms with Gasteiger partial charge in [0.15, 0.2) is 5.52 Å². The lowest BCUT2D eigenvalue weighted by molar-refractivity contribution is -0.784. The number of hydrogen-bond donors (Lipinski definition) is 0. The van der Waals surface area contributed by atoms with E-state index >= 15 is 0 Å². The minimum absolute atomic E-state index is 0.0483. The molecular formula is C22H31N3O. The molecule has 1 aromatic carbocycles. The Morgan fingerprint density at radius 2 is 1.62 bits per heavy atom. The highest BCUT2D eigenvalue weighted by Gasteiger charge is 2.22. The largest absolute Gasteiger partial charge is 0.838 e. The van der Waals surface area contributed by atoms with Gasteiger partial charge in [0, 0.05) is 17.4 Å². The minimum Gasteiger partial charge on any atom is -0.838 e. The van der Waals surface area contributed by atoms with Gasteiger partial charge in [0.25, 0.3) is 0 Å². The van der Waals surface area contributed by atoms with E-state index in [1.807, 2.05) is 10.6 Å². The number of rotatable bonds is 9. The summed E-state index contributed by atoms with van der Waals surface area (Å²) in [6.07, 6.45) is 9.13. The molecule has 0 fully saturated rings. The molecule has 0 saturated carbocycles. The fourth-order valence-corrected chi connectivity index (χ4v) is 4.01. The smallest absolute Gasteiger partial charge is 0.197 e. The van der Waals surface area contributed by atoms with Crippen LogP contribution in [-0.2, 0) is 19.4 Å². The maximum atomic E-state index is 13.1. The SMILES string of the molecule is CCCCCCCC[n+]1nn2c(CC)c(CC)c3ccccc3c2c1[O-]. The van der Waals surface area contributed by atoms with E-state index in [9.17, 15) is 5.11 Å². The Labute approximate surface area is 156 Å². The zero-order valence-electron chi connectivity index (χ0n) is 16.4. The quantitative estimate of drug-likeness (QED) is 0.424. The molecule has 0 N–H and O–H groups in total. The summed E-state index contributed by atoms with van der Waals surface area (Å²) in [5, 5.41) is 20.0. The highest BCUT2D eigenvalue weighted by Crippen LogP contribution is 2.30. The molecule has 0 bridgehead atoms. The molecule has 0 amide bonds. The highest BCUT2D eigenvalue weighted by atomic mass is 16.3. The van der Waals surface area contributed by atoms with E-state index in [0.29, 0.717) is 6.54 Å². The van der Waals surface area contributed by atoms with Crippen molar-refractivity contribution in [3.8, 4) is 5.88 Å². The van der Waals surface area contributed by atoms with Crippen LogP contribution in [0.2, 0.25) is 0 Å². The van der Waals surface area contributed by atoms with Crippen molar-refractivity contribution < 1.29 is 9.79 Å². The van der Waals surface area contributed by atoms with Gasteiger partial charge in [-0.3, -0.25) is 0 Å². The van der Waals surface area contributed by atoms with E-state index in [1.165, 1.54) is 48.7 Å². The summed E-state index contributed by atoms with van der Waals surface area (Å²) in [5.74, 6) is 0.0483. The molecular weight excluding hydrogens is 322 g/mol. The predicted molar refractivity (Wildman–Crippen MR) is 104 cm³/mol. The van der Waals surface area contributed by atoms with Crippen molar-refractivity contribution in [1.29, 1.82) is 0 Å². The number of pyridine rings is 1. The first kappa shape index (κ1) is 18.7. The third-order valence-electron chi connectivity index (χ3n) is 5.37. The van der Waals surface area contributed by atoms with Crippen LogP contribution in [0.25, 0.3) is 16.3 Å². The summed E-state index contributed by atoms with van der Waals surface area (Å²) < 4.78 is 3.60. The molecule has 0 aliphatic heterocycles. The summed E-state index contributed by atoms with van der Waals surface area (Å²) in [4.78, 5) is 0. The highest BCUT2D eigenvalue weighted by molar-refractivity contribution is 5.99. The van der Waals surface area contributed by atoms with Crippen molar-refractivity contribution >= 4 is 16.3 Å².